The number of piperazine rings is 1. The molecule has 1 amide bonds. The summed E-state index contributed by atoms with van der Waals surface area (Å²) < 4.78 is 10.7. The highest BCUT2D eigenvalue weighted by atomic mass is 35.5. The van der Waals surface area contributed by atoms with Crippen LogP contribution in [-0.4, -0.2) is 52.9 Å². The number of methoxy groups -OCH3 is 2. The summed E-state index contributed by atoms with van der Waals surface area (Å²) in [7, 11) is 3.31. The fourth-order valence-electron chi connectivity index (χ4n) is 3.75. The van der Waals surface area contributed by atoms with Crippen LogP contribution in [0.25, 0.3) is 0 Å². The summed E-state index contributed by atoms with van der Waals surface area (Å²) in [6, 6.07) is 11.7. The lowest BCUT2D eigenvalue weighted by atomic mass is 10.1. The van der Waals surface area contributed by atoms with Crippen molar-refractivity contribution in [1.29, 1.82) is 0 Å². The van der Waals surface area contributed by atoms with Crippen LogP contribution in [0.1, 0.15) is 11.1 Å². The van der Waals surface area contributed by atoms with Crippen molar-refractivity contribution in [3.8, 4) is 11.5 Å². The minimum atomic E-state index is 0.0358. The zero-order chi connectivity index (χ0) is 20.8. The first-order valence-corrected chi connectivity index (χ1v) is 10.3. The first-order chi connectivity index (χ1) is 14.0. The van der Waals surface area contributed by atoms with E-state index in [-0.39, 0.29) is 5.91 Å². The molecule has 0 radical (unpaired) electrons. The molecule has 1 saturated heterocycles. The monoisotopic (exact) mass is 419 g/mol. The fourth-order valence-corrected chi connectivity index (χ4v) is 3.93. The fraction of sp³-hybridized carbons (Fsp3) is 0.409. The molecule has 1 aliphatic rings. The van der Waals surface area contributed by atoms with Crippen molar-refractivity contribution in [1.82, 2.24) is 0 Å². The third-order valence-electron chi connectivity index (χ3n) is 5.52. The molecule has 29 heavy (non-hydrogen) atoms. The van der Waals surface area contributed by atoms with Gasteiger partial charge in [0.25, 0.3) is 5.91 Å². The van der Waals surface area contributed by atoms with E-state index in [9.17, 15) is 4.79 Å². The number of nitrogens with one attached hydrogen (secondary N) is 3. The SMILES string of the molecule is COc1ccc(C[NH+]2CC[NH+](CC(=O)Nc3cccc(Cl)c3C)CC2)cc1OC. The van der Waals surface area contributed by atoms with Crippen molar-refractivity contribution in [2.45, 2.75) is 13.5 Å². The van der Waals surface area contributed by atoms with Gasteiger partial charge in [0.15, 0.2) is 18.0 Å². The maximum atomic E-state index is 12.4. The smallest absolute Gasteiger partial charge is 0.279 e. The number of benzene rings is 2. The molecule has 3 rings (SSSR count). The molecule has 0 unspecified atom stereocenters. The molecule has 1 fully saturated rings. The number of ether oxygens (including phenoxy) is 2. The van der Waals surface area contributed by atoms with Gasteiger partial charge in [-0.3, -0.25) is 4.79 Å². The Labute approximate surface area is 177 Å². The largest absolute Gasteiger partial charge is 0.493 e. The zero-order valence-electron chi connectivity index (χ0n) is 17.3. The minimum absolute atomic E-state index is 0.0358. The van der Waals surface area contributed by atoms with Crippen LogP contribution in [0.5, 0.6) is 11.5 Å². The number of rotatable bonds is 7. The number of quaternary nitrogens is 2. The summed E-state index contributed by atoms with van der Waals surface area (Å²) in [5.74, 6) is 1.55. The minimum Gasteiger partial charge on any atom is -0.493 e. The first kappa shape index (κ1) is 21.4. The van der Waals surface area contributed by atoms with Crippen LogP contribution >= 0.6 is 11.6 Å². The summed E-state index contributed by atoms with van der Waals surface area (Å²) in [6.07, 6.45) is 0. The van der Waals surface area contributed by atoms with E-state index >= 15 is 0 Å². The molecule has 1 aliphatic heterocycles. The van der Waals surface area contributed by atoms with Crippen molar-refractivity contribution < 1.29 is 24.1 Å². The Morgan fingerprint density at radius 1 is 1.03 bits per heavy atom. The molecular formula is C22H30ClN3O3+2. The van der Waals surface area contributed by atoms with Gasteiger partial charge in [-0.05, 0) is 42.8 Å². The standard InChI is InChI=1S/C22H28ClN3O3/c1-16-18(23)5-4-6-19(16)24-22(27)15-26-11-9-25(10-12-26)14-17-7-8-20(28-2)21(13-17)29-3/h4-8,13H,9-12,14-15H2,1-3H3,(H,24,27)/p+2. The second kappa shape index (κ2) is 9.96. The van der Waals surface area contributed by atoms with Gasteiger partial charge >= 0.3 is 0 Å². The van der Waals surface area contributed by atoms with Crippen LogP contribution < -0.4 is 24.6 Å². The normalized spacial score (nSPS) is 18.9. The molecule has 0 saturated carbocycles. The predicted molar refractivity (Wildman–Crippen MR) is 114 cm³/mol. The van der Waals surface area contributed by atoms with Crippen molar-refractivity contribution in [2.75, 3.05) is 52.3 Å². The quantitative estimate of drug-likeness (QED) is 0.615. The number of halogens is 1. The van der Waals surface area contributed by atoms with E-state index in [0.717, 1.165) is 55.5 Å². The molecule has 0 aliphatic carbocycles. The Morgan fingerprint density at radius 3 is 2.41 bits per heavy atom. The Kier molecular flexibility index (Phi) is 7.36. The third kappa shape index (κ3) is 5.63. The van der Waals surface area contributed by atoms with E-state index in [1.54, 1.807) is 14.2 Å². The van der Waals surface area contributed by atoms with E-state index in [2.05, 4.69) is 11.4 Å². The molecule has 156 valence electrons. The molecule has 6 nitrogen and oxygen atoms in total. The molecule has 3 N–H and O–H groups in total. The Balaban J connectivity index is 1.48. The third-order valence-corrected chi connectivity index (χ3v) is 5.93. The van der Waals surface area contributed by atoms with Gasteiger partial charge < -0.3 is 24.6 Å². The van der Waals surface area contributed by atoms with E-state index in [4.69, 9.17) is 21.1 Å². The van der Waals surface area contributed by atoms with Gasteiger partial charge in [0.05, 0.1) is 14.2 Å². The Hall–Kier alpha value is -2.28. The summed E-state index contributed by atoms with van der Waals surface area (Å²) in [5, 5.41) is 3.67. The molecule has 7 heteroatoms. The van der Waals surface area contributed by atoms with Crippen molar-refractivity contribution >= 4 is 23.2 Å². The lowest BCUT2D eigenvalue weighted by Crippen LogP contribution is -3.28. The van der Waals surface area contributed by atoms with Crippen molar-refractivity contribution in [3.05, 3.63) is 52.5 Å². The van der Waals surface area contributed by atoms with Gasteiger partial charge in [0.1, 0.15) is 32.7 Å². The highest BCUT2D eigenvalue weighted by Crippen LogP contribution is 2.27. The van der Waals surface area contributed by atoms with E-state index in [1.807, 2.05) is 37.3 Å². The Morgan fingerprint density at radius 2 is 1.72 bits per heavy atom. The van der Waals surface area contributed by atoms with E-state index < -0.39 is 0 Å². The van der Waals surface area contributed by atoms with Crippen LogP contribution in [0.2, 0.25) is 5.02 Å². The number of hydrogen-bond donors (Lipinski definition) is 3. The average Bonchev–Trinajstić information content (AvgIpc) is 2.72. The second-order valence-corrected chi connectivity index (χ2v) is 7.91. The molecule has 0 bridgehead atoms. The van der Waals surface area contributed by atoms with Crippen LogP contribution in [0.3, 0.4) is 0 Å². The van der Waals surface area contributed by atoms with Crippen LogP contribution in [0.4, 0.5) is 5.69 Å². The molecule has 2 aromatic carbocycles. The van der Waals surface area contributed by atoms with Crippen LogP contribution in [-0.2, 0) is 11.3 Å². The first-order valence-electron chi connectivity index (χ1n) is 9.93. The summed E-state index contributed by atoms with van der Waals surface area (Å²) in [6.45, 7) is 7.37. The Bertz CT molecular complexity index is 851. The summed E-state index contributed by atoms with van der Waals surface area (Å²) >= 11 is 6.13. The molecule has 0 atom stereocenters. The van der Waals surface area contributed by atoms with Crippen molar-refractivity contribution in [2.24, 2.45) is 0 Å². The number of anilines is 1. The average molecular weight is 420 g/mol. The number of carbonyl (C=O) groups is 1. The van der Waals surface area contributed by atoms with Crippen LogP contribution in [0, 0.1) is 6.92 Å². The molecule has 2 aromatic rings. The van der Waals surface area contributed by atoms with E-state index in [1.165, 1.54) is 15.4 Å². The maximum Gasteiger partial charge on any atom is 0.279 e. The van der Waals surface area contributed by atoms with E-state index in [0.29, 0.717) is 11.6 Å². The molecule has 1 heterocycles. The lowest BCUT2D eigenvalue weighted by molar-refractivity contribution is -1.02. The summed E-state index contributed by atoms with van der Waals surface area (Å²) in [4.78, 5) is 15.3. The van der Waals surface area contributed by atoms with Crippen molar-refractivity contribution in [3.63, 3.8) is 0 Å². The number of amides is 1. The van der Waals surface area contributed by atoms with Crippen LogP contribution in [0.15, 0.2) is 36.4 Å². The zero-order valence-corrected chi connectivity index (χ0v) is 18.1. The van der Waals surface area contributed by atoms with Gasteiger partial charge in [-0.25, -0.2) is 0 Å². The molecular weight excluding hydrogens is 390 g/mol. The number of carbonyl (C=O) groups excluding carboxylic acids is 1. The maximum absolute atomic E-state index is 12.4. The topological polar surface area (TPSA) is 56.4 Å². The highest BCUT2D eigenvalue weighted by Gasteiger charge is 2.25. The van der Waals surface area contributed by atoms with Gasteiger partial charge in [0, 0.05) is 16.3 Å². The molecule has 0 aromatic heterocycles. The number of hydrogen-bond acceptors (Lipinski definition) is 3. The van der Waals surface area contributed by atoms with Gasteiger partial charge in [0.2, 0.25) is 0 Å². The van der Waals surface area contributed by atoms with Gasteiger partial charge in [-0.2, -0.15) is 0 Å². The highest BCUT2D eigenvalue weighted by molar-refractivity contribution is 6.31. The second-order valence-electron chi connectivity index (χ2n) is 7.50. The summed E-state index contributed by atoms with van der Waals surface area (Å²) in [5.41, 5.74) is 2.93. The van der Waals surface area contributed by atoms with Gasteiger partial charge in [-0.15, -0.1) is 0 Å². The molecule has 0 spiro atoms. The predicted octanol–water partition coefficient (Wildman–Crippen LogP) is 0.588. The van der Waals surface area contributed by atoms with Gasteiger partial charge in [-0.1, -0.05) is 17.7 Å². The lowest BCUT2D eigenvalue weighted by Gasteiger charge is -2.29.